The van der Waals surface area contributed by atoms with E-state index >= 15 is 0 Å². The highest BCUT2D eigenvalue weighted by Gasteiger charge is 2.13. The summed E-state index contributed by atoms with van der Waals surface area (Å²) in [6, 6.07) is 11.5. The van der Waals surface area contributed by atoms with Gasteiger partial charge in [-0.1, -0.05) is 12.1 Å². The summed E-state index contributed by atoms with van der Waals surface area (Å²) in [5.74, 6) is 0. The second-order valence-corrected chi connectivity index (χ2v) is 4.77. The molecule has 0 spiro atoms. The minimum atomic E-state index is -0.405. The van der Waals surface area contributed by atoms with Crippen molar-refractivity contribution in [3.63, 3.8) is 0 Å². The summed E-state index contributed by atoms with van der Waals surface area (Å²) in [6.45, 7) is 1.98. The van der Waals surface area contributed by atoms with E-state index in [0.29, 0.717) is 0 Å². The zero-order chi connectivity index (χ0) is 13.0. The van der Waals surface area contributed by atoms with Crippen LogP contribution in [0.1, 0.15) is 17.2 Å². The van der Waals surface area contributed by atoms with Crippen LogP contribution in [0.15, 0.2) is 47.2 Å². The van der Waals surface area contributed by atoms with Gasteiger partial charge in [0.15, 0.2) is 0 Å². The summed E-state index contributed by atoms with van der Waals surface area (Å²) >= 11 is 3.46. The monoisotopic (exact) mass is 301 g/mol. The molecule has 18 heavy (non-hydrogen) atoms. The van der Waals surface area contributed by atoms with Crippen LogP contribution in [0, 0.1) is 18.3 Å². The Balaban J connectivity index is 2.30. The molecule has 1 atom stereocenters. The lowest BCUT2D eigenvalue weighted by Crippen LogP contribution is -2.10. The van der Waals surface area contributed by atoms with Crippen LogP contribution >= 0.6 is 15.9 Å². The van der Waals surface area contributed by atoms with Crippen LogP contribution in [0.3, 0.4) is 0 Å². The molecule has 2 aromatic rings. The number of nitrogens with zero attached hydrogens (tertiary/aromatic N) is 2. The first-order chi connectivity index (χ1) is 8.72. The van der Waals surface area contributed by atoms with Gasteiger partial charge in [0.1, 0.15) is 6.04 Å². The standard InChI is InChI=1S/C14H12BrN3/c1-10-6-7-17-9-11(10)14(8-16)18-13-5-3-2-4-12(13)15/h2-7,9,14,18H,1H3. The zero-order valence-electron chi connectivity index (χ0n) is 9.89. The Morgan fingerprint density at radius 3 is 2.78 bits per heavy atom. The molecule has 0 fully saturated rings. The van der Waals surface area contributed by atoms with E-state index in [-0.39, 0.29) is 0 Å². The molecule has 0 radical (unpaired) electrons. The molecular weight excluding hydrogens is 290 g/mol. The molecule has 0 aliphatic carbocycles. The molecule has 1 heterocycles. The van der Waals surface area contributed by atoms with Gasteiger partial charge < -0.3 is 5.32 Å². The van der Waals surface area contributed by atoms with E-state index in [0.717, 1.165) is 21.3 Å². The fourth-order valence-electron chi connectivity index (χ4n) is 1.69. The first kappa shape index (κ1) is 12.6. The highest BCUT2D eigenvalue weighted by atomic mass is 79.9. The van der Waals surface area contributed by atoms with E-state index < -0.39 is 6.04 Å². The minimum Gasteiger partial charge on any atom is -0.365 e. The quantitative estimate of drug-likeness (QED) is 0.937. The number of benzene rings is 1. The average Bonchev–Trinajstić information content (AvgIpc) is 2.39. The van der Waals surface area contributed by atoms with E-state index in [2.05, 4.69) is 32.3 Å². The number of hydrogen-bond donors (Lipinski definition) is 1. The number of pyridine rings is 1. The second kappa shape index (κ2) is 5.65. The highest BCUT2D eigenvalue weighted by Crippen LogP contribution is 2.26. The summed E-state index contributed by atoms with van der Waals surface area (Å²) in [4.78, 5) is 4.08. The third-order valence-corrected chi connectivity index (χ3v) is 3.38. The van der Waals surface area contributed by atoms with Crippen molar-refractivity contribution in [2.45, 2.75) is 13.0 Å². The van der Waals surface area contributed by atoms with E-state index in [1.807, 2.05) is 37.3 Å². The van der Waals surface area contributed by atoms with Gasteiger partial charge in [-0.25, -0.2) is 0 Å². The average molecular weight is 302 g/mol. The van der Waals surface area contributed by atoms with E-state index in [1.165, 1.54) is 0 Å². The van der Waals surface area contributed by atoms with Gasteiger partial charge in [-0.15, -0.1) is 0 Å². The van der Waals surface area contributed by atoms with Gasteiger partial charge in [-0.2, -0.15) is 5.26 Å². The first-order valence-electron chi connectivity index (χ1n) is 5.53. The maximum Gasteiger partial charge on any atom is 0.142 e. The van der Waals surface area contributed by atoms with Crippen LogP contribution < -0.4 is 5.32 Å². The number of nitrogens with one attached hydrogen (secondary N) is 1. The summed E-state index contributed by atoms with van der Waals surface area (Å²) < 4.78 is 0.937. The van der Waals surface area contributed by atoms with Gasteiger partial charge in [0, 0.05) is 28.1 Å². The van der Waals surface area contributed by atoms with Crippen molar-refractivity contribution in [2.24, 2.45) is 0 Å². The molecule has 0 bridgehead atoms. The van der Waals surface area contributed by atoms with Crippen molar-refractivity contribution in [2.75, 3.05) is 5.32 Å². The number of aryl methyl sites for hydroxylation is 1. The van der Waals surface area contributed by atoms with Gasteiger partial charge in [0.25, 0.3) is 0 Å². The summed E-state index contributed by atoms with van der Waals surface area (Å²) in [5.41, 5.74) is 2.85. The molecule has 1 aromatic heterocycles. The van der Waals surface area contributed by atoms with Crippen LogP contribution in [0.25, 0.3) is 0 Å². The number of para-hydroxylation sites is 1. The Hall–Kier alpha value is -1.86. The fourth-order valence-corrected chi connectivity index (χ4v) is 2.09. The van der Waals surface area contributed by atoms with Crippen molar-refractivity contribution in [3.8, 4) is 6.07 Å². The third kappa shape index (κ3) is 2.69. The smallest absolute Gasteiger partial charge is 0.142 e. The van der Waals surface area contributed by atoms with Crippen molar-refractivity contribution < 1.29 is 0 Å². The van der Waals surface area contributed by atoms with E-state index in [9.17, 15) is 5.26 Å². The topological polar surface area (TPSA) is 48.7 Å². The Morgan fingerprint density at radius 2 is 2.11 bits per heavy atom. The fraction of sp³-hybridized carbons (Fsp3) is 0.143. The minimum absolute atomic E-state index is 0.405. The zero-order valence-corrected chi connectivity index (χ0v) is 11.5. The molecule has 1 aromatic carbocycles. The molecule has 0 amide bonds. The van der Waals surface area contributed by atoms with Crippen molar-refractivity contribution in [1.29, 1.82) is 5.26 Å². The van der Waals surface area contributed by atoms with Gasteiger partial charge >= 0.3 is 0 Å². The second-order valence-electron chi connectivity index (χ2n) is 3.92. The van der Waals surface area contributed by atoms with Crippen molar-refractivity contribution >= 4 is 21.6 Å². The van der Waals surface area contributed by atoms with Gasteiger partial charge in [-0.05, 0) is 46.6 Å². The Morgan fingerprint density at radius 1 is 1.33 bits per heavy atom. The first-order valence-corrected chi connectivity index (χ1v) is 6.33. The SMILES string of the molecule is Cc1ccncc1C(C#N)Nc1ccccc1Br. The molecule has 0 aliphatic heterocycles. The van der Waals surface area contributed by atoms with Gasteiger partial charge in [0.05, 0.1) is 6.07 Å². The van der Waals surface area contributed by atoms with Gasteiger partial charge in [-0.3, -0.25) is 4.98 Å². The van der Waals surface area contributed by atoms with E-state index in [1.54, 1.807) is 12.4 Å². The largest absolute Gasteiger partial charge is 0.365 e. The highest BCUT2D eigenvalue weighted by molar-refractivity contribution is 9.10. The van der Waals surface area contributed by atoms with Crippen LogP contribution in [0.2, 0.25) is 0 Å². The summed E-state index contributed by atoms with van der Waals surface area (Å²) in [6.07, 6.45) is 3.46. The summed E-state index contributed by atoms with van der Waals surface area (Å²) in [7, 11) is 0. The lowest BCUT2D eigenvalue weighted by atomic mass is 10.0. The Bertz CT molecular complexity index is 590. The summed E-state index contributed by atoms with van der Waals surface area (Å²) in [5, 5.41) is 12.5. The third-order valence-electron chi connectivity index (χ3n) is 2.69. The normalized spacial score (nSPS) is 11.6. The molecule has 3 nitrogen and oxygen atoms in total. The van der Waals surface area contributed by atoms with Crippen LogP contribution in [0.4, 0.5) is 5.69 Å². The number of anilines is 1. The number of aromatic nitrogens is 1. The molecule has 0 aliphatic rings. The number of hydrogen-bond acceptors (Lipinski definition) is 3. The maximum atomic E-state index is 9.30. The molecule has 2 rings (SSSR count). The lowest BCUT2D eigenvalue weighted by molar-refractivity contribution is 0.963. The molecule has 1 unspecified atom stereocenters. The molecular formula is C14H12BrN3. The molecule has 0 saturated heterocycles. The maximum absolute atomic E-state index is 9.30. The molecule has 90 valence electrons. The van der Waals surface area contributed by atoms with Crippen molar-refractivity contribution in [1.82, 2.24) is 4.98 Å². The molecule has 1 N–H and O–H groups in total. The van der Waals surface area contributed by atoms with Gasteiger partial charge in [0.2, 0.25) is 0 Å². The van der Waals surface area contributed by atoms with Crippen molar-refractivity contribution in [3.05, 3.63) is 58.3 Å². The van der Waals surface area contributed by atoms with Crippen LogP contribution in [-0.4, -0.2) is 4.98 Å². The molecule has 0 saturated carbocycles. The van der Waals surface area contributed by atoms with Crippen LogP contribution in [-0.2, 0) is 0 Å². The predicted molar refractivity (Wildman–Crippen MR) is 75.1 cm³/mol. The Labute approximate surface area is 115 Å². The van der Waals surface area contributed by atoms with E-state index in [4.69, 9.17) is 0 Å². The number of halogens is 1. The van der Waals surface area contributed by atoms with Crippen LogP contribution in [0.5, 0.6) is 0 Å². The Kier molecular flexibility index (Phi) is 3.96. The number of rotatable bonds is 3. The predicted octanol–water partition coefficient (Wildman–Crippen LogP) is 3.83. The lowest BCUT2D eigenvalue weighted by Gasteiger charge is -2.15. The number of nitriles is 1. The molecule has 4 heteroatoms.